The molecule has 0 saturated carbocycles. The average Bonchev–Trinajstić information content (AvgIpc) is 2.99. The van der Waals surface area contributed by atoms with E-state index in [1.807, 2.05) is 52.8 Å². The van der Waals surface area contributed by atoms with Crippen LogP contribution in [0.5, 0.6) is 0 Å². The summed E-state index contributed by atoms with van der Waals surface area (Å²) >= 11 is 0. The first-order chi connectivity index (χ1) is 21.1. The molecule has 0 amide bonds. The van der Waals surface area contributed by atoms with E-state index in [1.54, 1.807) is 44.2 Å². The van der Waals surface area contributed by atoms with Gasteiger partial charge in [0.05, 0.1) is 31.5 Å². The van der Waals surface area contributed by atoms with E-state index in [2.05, 4.69) is 6.58 Å². The fourth-order valence-corrected chi connectivity index (χ4v) is 6.20. The first-order valence-corrected chi connectivity index (χ1v) is 15.9. The van der Waals surface area contributed by atoms with Crippen molar-refractivity contribution in [2.24, 2.45) is 29.6 Å². The van der Waals surface area contributed by atoms with E-state index in [0.29, 0.717) is 12.0 Å². The van der Waals surface area contributed by atoms with Crippen LogP contribution >= 0.6 is 0 Å². The lowest BCUT2D eigenvalue weighted by atomic mass is 9.77. The van der Waals surface area contributed by atoms with Gasteiger partial charge in [0, 0.05) is 37.2 Å². The van der Waals surface area contributed by atoms with Crippen LogP contribution in [0.25, 0.3) is 0 Å². The molecule has 2 rings (SSSR count). The molecule has 9 heteroatoms. The Balaban J connectivity index is 2.52. The Kier molecular flexibility index (Phi) is 14.9. The number of carbonyl (C=O) groups excluding carboxylic acids is 1. The number of carbonyl (C=O) groups is 1. The molecule has 0 spiro atoms. The fraction of sp³-hybridized carbons (Fsp3) is 0.639. The van der Waals surface area contributed by atoms with Crippen molar-refractivity contribution < 1.29 is 44.2 Å². The monoisotopic (exact) mass is 632 g/mol. The van der Waals surface area contributed by atoms with Gasteiger partial charge in [0.1, 0.15) is 12.2 Å². The molecule has 254 valence electrons. The lowest BCUT2D eigenvalue weighted by Crippen LogP contribution is -2.58. The molecule has 1 saturated heterocycles. The van der Waals surface area contributed by atoms with Gasteiger partial charge in [0.2, 0.25) is 5.76 Å². The Hall–Kier alpha value is -2.53. The smallest absolute Gasteiger partial charge is 0.373 e. The Morgan fingerprint density at radius 2 is 1.82 bits per heavy atom. The summed E-state index contributed by atoms with van der Waals surface area (Å²) in [5.41, 5.74) is 1.77. The Morgan fingerprint density at radius 1 is 1.16 bits per heavy atom. The van der Waals surface area contributed by atoms with Crippen molar-refractivity contribution in [2.75, 3.05) is 14.2 Å². The highest BCUT2D eigenvalue weighted by atomic mass is 16.6. The van der Waals surface area contributed by atoms with E-state index >= 15 is 0 Å². The highest BCUT2D eigenvalue weighted by Gasteiger charge is 2.50. The number of aliphatic hydroxyl groups is 4. The quantitative estimate of drug-likeness (QED) is 0.220. The van der Waals surface area contributed by atoms with E-state index in [-0.39, 0.29) is 29.9 Å². The molecule has 0 aromatic heterocycles. The molecular weight excluding hydrogens is 576 g/mol. The Labute approximate surface area is 269 Å². The van der Waals surface area contributed by atoms with Crippen molar-refractivity contribution in [3.63, 3.8) is 0 Å². The lowest BCUT2D eigenvalue weighted by molar-refractivity contribution is -0.313. The van der Waals surface area contributed by atoms with E-state index in [0.717, 1.165) is 5.57 Å². The molecule has 4 N–H and O–H groups in total. The number of ether oxygens (including phenoxy) is 4. The second-order valence-electron chi connectivity index (χ2n) is 12.9. The van der Waals surface area contributed by atoms with Crippen LogP contribution in [-0.4, -0.2) is 83.0 Å². The molecule has 45 heavy (non-hydrogen) atoms. The molecule has 2 aliphatic rings. The maximum absolute atomic E-state index is 13.5. The minimum atomic E-state index is -1.87. The van der Waals surface area contributed by atoms with Gasteiger partial charge < -0.3 is 39.4 Å². The minimum absolute atomic E-state index is 0.0127. The highest BCUT2D eigenvalue weighted by molar-refractivity contribution is 5.87. The third-order valence-corrected chi connectivity index (χ3v) is 9.28. The van der Waals surface area contributed by atoms with Crippen molar-refractivity contribution in [3.8, 4) is 0 Å². The van der Waals surface area contributed by atoms with Crippen LogP contribution in [0.2, 0.25) is 0 Å². The van der Waals surface area contributed by atoms with Gasteiger partial charge in [-0.25, -0.2) is 4.79 Å². The predicted molar refractivity (Wildman–Crippen MR) is 175 cm³/mol. The number of hydrogen-bond acceptors (Lipinski definition) is 9. The largest absolute Gasteiger partial charge is 0.490 e. The summed E-state index contributed by atoms with van der Waals surface area (Å²) in [6.07, 6.45) is 9.39. The van der Waals surface area contributed by atoms with E-state index in [4.69, 9.17) is 18.9 Å². The Morgan fingerprint density at radius 3 is 2.42 bits per heavy atom. The summed E-state index contributed by atoms with van der Waals surface area (Å²) in [5.74, 6) is -4.82. The fourth-order valence-electron chi connectivity index (χ4n) is 6.20. The third kappa shape index (κ3) is 10.2. The molecule has 9 nitrogen and oxygen atoms in total. The maximum atomic E-state index is 13.5. The minimum Gasteiger partial charge on any atom is -0.490 e. The third-order valence-electron chi connectivity index (χ3n) is 9.28. The summed E-state index contributed by atoms with van der Waals surface area (Å²) in [7, 11) is 2.86. The van der Waals surface area contributed by atoms with Crippen molar-refractivity contribution in [3.05, 3.63) is 72.1 Å². The summed E-state index contributed by atoms with van der Waals surface area (Å²) < 4.78 is 23.3. The van der Waals surface area contributed by atoms with Crippen molar-refractivity contribution in [2.45, 2.75) is 104 Å². The summed E-state index contributed by atoms with van der Waals surface area (Å²) in [5, 5.41) is 45.0. The molecule has 12 atom stereocenters. The average molecular weight is 633 g/mol. The molecule has 0 bridgehead atoms. The number of methoxy groups -OCH3 is 2. The van der Waals surface area contributed by atoms with E-state index in [9.17, 15) is 25.2 Å². The molecule has 1 fully saturated rings. The van der Waals surface area contributed by atoms with Crippen LogP contribution < -0.4 is 0 Å². The van der Waals surface area contributed by atoms with Crippen LogP contribution in [0, 0.1) is 29.6 Å². The van der Waals surface area contributed by atoms with Crippen molar-refractivity contribution in [1.29, 1.82) is 0 Å². The van der Waals surface area contributed by atoms with Gasteiger partial charge in [-0.2, -0.15) is 0 Å². The van der Waals surface area contributed by atoms with Crippen molar-refractivity contribution >= 4 is 5.97 Å². The van der Waals surface area contributed by atoms with Gasteiger partial charge in [-0.15, -0.1) is 0 Å². The van der Waals surface area contributed by atoms with Crippen LogP contribution in [-0.2, 0) is 23.7 Å². The summed E-state index contributed by atoms with van der Waals surface area (Å²) in [6.45, 7) is 16.6. The molecule has 0 radical (unpaired) electrons. The number of aliphatic hydroxyl groups excluding tert-OH is 3. The van der Waals surface area contributed by atoms with Crippen molar-refractivity contribution in [1.82, 2.24) is 0 Å². The Bertz CT molecular complexity index is 1140. The zero-order valence-electron chi connectivity index (χ0n) is 28.4. The molecule has 0 aliphatic carbocycles. The first kappa shape index (κ1) is 38.7. The van der Waals surface area contributed by atoms with Crippen LogP contribution in [0.15, 0.2) is 72.1 Å². The predicted octanol–water partition coefficient (Wildman–Crippen LogP) is 4.78. The van der Waals surface area contributed by atoms with Gasteiger partial charge >= 0.3 is 5.97 Å². The SMILES string of the molecule is C=C/C=C/[C@H]1O[C@@](O)([C@@H](C)[C@H](O)[C@H](C)[C@H]2OC(=O)/C(OC)=C/C(C)=C/[C@@H](C)[C@@H](O)[C@@H](C)C/C(C)=C/C=C/[C@@H]2OC)C[C@@H](O)[C@@H]1C. The molecule has 2 aliphatic heterocycles. The topological polar surface area (TPSA) is 135 Å². The highest BCUT2D eigenvalue weighted by Crippen LogP contribution is 2.40. The number of hydrogen-bond donors (Lipinski definition) is 4. The second kappa shape index (κ2) is 17.4. The lowest BCUT2D eigenvalue weighted by Gasteiger charge is -2.47. The summed E-state index contributed by atoms with van der Waals surface area (Å²) in [4.78, 5) is 13.5. The summed E-state index contributed by atoms with van der Waals surface area (Å²) in [6, 6.07) is 0. The zero-order chi connectivity index (χ0) is 34.1. The first-order valence-electron chi connectivity index (χ1n) is 15.9. The number of rotatable bonds is 8. The van der Waals surface area contributed by atoms with Crippen LogP contribution in [0.3, 0.4) is 0 Å². The van der Waals surface area contributed by atoms with Crippen LogP contribution in [0.4, 0.5) is 0 Å². The van der Waals surface area contributed by atoms with Gasteiger partial charge in [0.15, 0.2) is 5.79 Å². The zero-order valence-corrected chi connectivity index (χ0v) is 28.4. The normalized spacial score (nSPS) is 40.5. The molecule has 0 aromatic rings. The van der Waals surface area contributed by atoms with Crippen LogP contribution in [0.1, 0.15) is 61.3 Å². The molecule has 0 aromatic carbocycles. The number of allylic oxidation sites excluding steroid dienone is 7. The van der Waals surface area contributed by atoms with Gasteiger partial charge in [-0.1, -0.05) is 94.9 Å². The van der Waals surface area contributed by atoms with Gasteiger partial charge in [-0.3, -0.25) is 0 Å². The molecular formula is C36H56O9. The molecule has 2 heterocycles. The van der Waals surface area contributed by atoms with Gasteiger partial charge in [0.25, 0.3) is 0 Å². The standard InChI is InChI=1S/C36H56O9/c1-11-12-15-29-25(6)28(37)20-36(41,45-29)27(8)33(39)26(7)34-30(42-9)16-13-14-21(2)17-23(4)32(38)24(5)18-22(3)19-31(43-10)35(40)44-34/h11-16,18-19,23-30,32-34,37-39,41H,1,17,20H2,2-10H3/b15-12+,16-13+,21-14+,22-18+,31-19-/t23-,24+,25-,26-,27-,28+,29+,30-,32-,33+,34+,36+/m0/s1. The van der Waals surface area contributed by atoms with E-state index in [1.165, 1.54) is 14.2 Å². The number of esters is 1. The van der Waals surface area contributed by atoms with E-state index < -0.39 is 60.2 Å². The number of cyclic esters (lactones) is 1. The second-order valence-corrected chi connectivity index (χ2v) is 12.9. The molecule has 0 unspecified atom stereocenters. The maximum Gasteiger partial charge on any atom is 0.373 e. The van der Waals surface area contributed by atoms with Gasteiger partial charge in [-0.05, 0) is 32.3 Å².